The van der Waals surface area contributed by atoms with Crippen LogP contribution in [0.1, 0.15) is 26.2 Å². The smallest absolute Gasteiger partial charge is 0.322 e. The van der Waals surface area contributed by atoms with Gasteiger partial charge in [0.25, 0.3) is 0 Å². The van der Waals surface area contributed by atoms with Gasteiger partial charge in [-0.25, -0.2) is 0 Å². The summed E-state index contributed by atoms with van der Waals surface area (Å²) in [7, 11) is 1.43. The van der Waals surface area contributed by atoms with Crippen molar-refractivity contribution in [1.82, 2.24) is 5.32 Å². The molecule has 17 heavy (non-hydrogen) atoms. The molecule has 0 bridgehead atoms. The molecule has 2 saturated heterocycles. The Morgan fingerprint density at radius 1 is 1.65 bits per heavy atom. The van der Waals surface area contributed by atoms with E-state index in [9.17, 15) is 4.79 Å². The van der Waals surface area contributed by atoms with Gasteiger partial charge in [-0.05, 0) is 31.9 Å². The number of methoxy groups -OCH3 is 1. The fraction of sp³-hybridized carbons (Fsp3) is 0.917. The monoisotopic (exact) mass is 259 g/mol. The van der Waals surface area contributed by atoms with E-state index in [0.717, 1.165) is 31.6 Å². The molecule has 0 aromatic carbocycles. The van der Waals surface area contributed by atoms with Gasteiger partial charge in [0.15, 0.2) is 0 Å². The first-order chi connectivity index (χ1) is 8.15. The number of carbonyl (C=O) groups is 1. The van der Waals surface area contributed by atoms with Crippen molar-refractivity contribution in [1.29, 1.82) is 0 Å². The van der Waals surface area contributed by atoms with Crippen LogP contribution in [0.15, 0.2) is 0 Å². The van der Waals surface area contributed by atoms with Crippen molar-refractivity contribution in [3.63, 3.8) is 0 Å². The first kappa shape index (κ1) is 13.2. The van der Waals surface area contributed by atoms with Crippen molar-refractivity contribution < 1.29 is 14.3 Å². The zero-order valence-corrected chi connectivity index (χ0v) is 11.3. The van der Waals surface area contributed by atoms with Gasteiger partial charge in [0.1, 0.15) is 6.04 Å². The standard InChI is InChI=1S/C12H21NO3S/c1-9(11(14)15-2)13-10-3-5-16-12(7-10)4-6-17-8-12/h9-10,13H,3-8H2,1-2H3. The summed E-state index contributed by atoms with van der Waals surface area (Å²) in [4.78, 5) is 11.4. The zero-order chi connectivity index (χ0) is 12.3. The minimum absolute atomic E-state index is 0.0659. The molecule has 1 N–H and O–H groups in total. The van der Waals surface area contributed by atoms with Gasteiger partial charge in [-0.1, -0.05) is 0 Å². The first-order valence-corrected chi connectivity index (χ1v) is 7.36. The summed E-state index contributed by atoms with van der Waals surface area (Å²) >= 11 is 1.97. The van der Waals surface area contributed by atoms with Gasteiger partial charge < -0.3 is 14.8 Å². The molecule has 3 atom stereocenters. The molecule has 0 radical (unpaired) electrons. The van der Waals surface area contributed by atoms with Crippen LogP contribution in [0, 0.1) is 0 Å². The number of ether oxygens (including phenoxy) is 2. The molecule has 0 saturated carbocycles. The van der Waals surface area contributed by atoms with Gasteiger partial charge >= 0.3 is 5.97 Å². The van der Waals surface area contributed by atoms with E-state index in [1.54, 1.807) is 0 Å². The van der Waals surface area contributed by atoms with Gasteiger partial charge in [0.2, 0.25) is 0 Å². The molecule has 98 valence electrons. The Kier molecular flexibility index (Phi) is 4.33. The molecule has 3 unspecified atom stereocenters. The van der Waals surface area contributed by atoms with Crippen LogP contribution < -0.4 is 5.32 Å². The molecule has 2 rings (SSSR count). The predicted octanol–water partition coefficient (Wildman–Crippen LogP) is 1.19. The van der Waals surface area contributed by atoms with Crippen LogP contribution in [0.3, 0.4) is 0 Å². The third-order valence-electron chi connectivity index (χ3n) is 3.60. The second-order valence-corrected chi connectivity index (χ2v) is 6.04. The van der Waals surface area contributed by atoms with Crippen LogP contribution >= 0.6 is 11.8 Å². The third-order valence-corrected chi connectivity index (χ3v) is 4.82. The van der Waals surface area contributed by atoms with Crippen molar-refractivity contribution in [2.75, 3.05) is 25.2 Å². The summed E-state index contributed by atoms with van der Waals surface area (Å²) in [5.74, 6) is 2.10. The maximum absolute atomic E-state index is 11.4. The minimum Gasteiger partial charge on any atom is -0.468 e. The van der Waals surface area contributed by atoms with Gasteiger partial charge in [0.05, 0.1) is 12.7 Å². The molecular formula is C12H21NO3S. The number of esters is 1. The third kappa shape index (κ3) is 3.14. The second kappa shape index (κ2) is 5.59. The molecule has 1 spiro atoms. The second-order valence-electron chi connectivity index (χ2n) is 4.94. The molecule has 2 aliphatic rings. The highest BCUT2D eigenvalue weighted by molar-refractivity contribution is 7.99. The quantitative estimate of drug-likeness (QED) is 0.772. The van der Waals surface area contributed by atoms with Crippen LogP contribution in [-0.4, -0.2) is 48.9 Å². The Morgan fingerprint density at radius 3 is 3.12 bits per heavy atom. The average molecular weight is 259 g/mol. The van der Waals surface area contributed by atoms with E-state index >= 15 is 0 Å². The van der Waals surface area contributed by atoms with E-state index in [0.29, 0.717) is 6.04 Å². The molecule has 0 aliphatic carbocycles. The Labute approximate surface area is 107 Å². The molecule has 0 aromatic rings. The average Bonchev–Trinajstić information content (AvgIpc) is 2.76. The number of nitrogens with one attached hydrogen (secondary N) is 1. The van der Waals surface area contributed by atoms with Crippen LogP contribution in [0.4, 0.5) is 0 Å². The highest BCUT2D eigenvalue weighted by atomic mass is 32.2. The van der Waals surface area contributed by atoms with Crippen LogP contribution in [0.2, 0.25) is 0 Å². The lowest BCUT2D eigenvalue weighted by atomic mass is 9.89. The van der Waals surface area contributed by atoms with E-state index in [-0.39, 0.29) is 17.6 Å². The molecule has 5 heteroatoms. The van der Waals surface area contributed by atoms with Crippen LogP contribution in [0.5, 0.6) is 0 Å². The van der Waals surface area contributed by atoms with E-state index in [1.807, 2.05) is 18.7 Å². The molecule has 2 heterocycles. The largest absolute Gasteiger partial charge is 0.468 e. The Morgan fingerprint density at radius 2 is 2.47 bits per heavy atom. The lowest BCUT2D eigenvalue weighted by Gasteiger charge is -2.38. The Hall–Kier alpha value is -0.260. The van der Waals surface area contributed by atoms with Crippen molar-refractivity contribution >= 4 is 17.7 Å². The molecule has 4 nitrogen and oxygen atoms in total. The van der Waals surface area contributed by atoms with Gasteiger partial charge in [-0.15, -0.1) is 0 Å². The highest BCUT2D eigenvalue weighted by Crippen LogP contribution is 2.38. The Balaban J connectivity index is 1.87. The zero-order valence-electron chi connectivity index (χ0n) is 10.5. The van der Waals surface area contributed by atoms with Crippen molar-refractivity contribution in [2.24, 2.45) is 0 Å². The van der Waals surface area contributed by atoms with Gasteiger partial charge in [0, 0.05) is 18.4 Å². The number of carbonyl (C=O) groups excluding carboxylic acids is 1. The van der Waals surface area contributed by atoms with Crippen LogP contribution in [-0.2, 0) is 14.3 Å². The topological polar surface area (TPSA) is 47.6 Å². The first-order valence-electron chi connectivity index (χ1n) is 6.21. The van der Waals surface area contributed by atoms with E-state index < -0.39 is 0 Å². The highest BCUT2D eigenvalue weighted by Gasteiger charge is 2.40. The fourth-order valence-electron chi connectivity index (χ4n) is 2.63. The number of rotatable bonds is 3. The molecule has 2 aliphatic heterocycles. The minimum atomic E-state index is -0.228. The van der Waals surface area contributed by atoms with E-state index in [1.165, 1.54) is 12.9 Å². The summed E-state index contributed by atoms with van der Waals surface area (Å²) in [6.45, 7) is 2.66. The maximum atomic E-state index is 11.4. The fourth-order valence-corrected chi connectivity index (χ4v) is 4.01. The predicted molar refractivity (Wildman–Crippen MR) is 68.3 cm³/mol. The summed E-state index contributed by atoms with van der Waals surface area (Å²) in [5.41, 5.74) is 0.0659. The van der Waals surface area contributed by atoms with Crippen LogP contribution in [0.25, 0.3) is 0 Å². The maximum Gasteiger partial charge on any atom is 0.322 e. The lowest BCUT2D eigenvalue weighted by molar-refractivity contribution is -0.143. The summed E-state index contributed by atoms with van der Waals surface area (Å²) < 4.78 is 10.7. The van der Waals surface area contributed by atoms with Crippen molar-refractivity contribution in [3.05, 3.63) is 0 Å². The molecule has 0 aromatic heterocycles. The SMILES string of the molecule is COC(=O)C(C)NC1CCOC2(CCSC2)C1. The van der Waals surface area contributed by atoms with Gasteiger partial charge in [-0.3, -0.25) is 4.79 Å². The normalized spacial score (nSPS) is 34.8. The van der Waals surface area contributed by atoms with Gasteiger partial charge in [-0.2, -0.15) is 11.8 Å². The molecular weight excluding hydrogens is 238 g/mol. The summed E-state index contributed by atoms with van der Waals surface area (Å²) in [6, 6.07) is 0.144. The summed E-state index contributed by atoms with van der Waals surface area (Å²) in [5, 5.41) is 3.36. The number of hydrogen-bond acceptors (Lipinski definition) is 5. The number of hydrogen-bond donors (Lipinski definition) is 1. The summed E-state index contributed by atoms with van der Waals surface area (Å²) in [6.07, 6.45) is 3.14. The van der Waals surface area contributed by atoms with Crippen molar-refractivity contribution in [2.45, 2.75) is 43.9 Å². The van der Waals surface area contributed by atoms with E-state index in [4.69, 9.17) is 9.47 Å². The van der Waals surface area contributed by atoms with Crippen molar-refractivity contribution in [3.8, 4) is 0 Å². The lowest BCUT2D eigenvalue weighted by Crippen LogP contribution is -2.51. The molecule has 0 amide bonds. The van der Waals surface area contributed by atoms with E-state index in [2.05, 4.69) is 5.32 Å². The molecule has 2 fully saturated rings. The Bertz CT molecular complexity index is 279. The number of thioether (sulfide) groups is 1.